The summed E-state index contributed by atoms with van der Waals surface area (Å²) in [6, 6.07) is 2.34. The molecule has 1 heterocycles. The van der Waals surface area contributed by atoms with Gasteiger partial charge in [-0.15, -0.1) is 0 Å². The van der Waals surface area contributed by atoms with Crippen molar-refractivity contribution in [1.29, 1.82) is 5.26 Å². The molecule has 0 N–H and O–H groups in total. The van der Waals surface area contributed by atoms with Gasteiger partial charge < -0.3 is 9.64 Å². The minimum atomic E-state index is -0.213. The van der Waals surface area contributed by atoms with E-state index >= 15 is 0 Å². The standard InChI is InChI=1S/C16H28N2O2/c1-4-20-15(19)14-8-7-11-18(12-14)10-6-5-9-16(2,3)13-17/h14H,4-12H2,1-3H3/t14-/m0/s1. The maximum Gasteiger partial charge on any atom is 0.310 e. The summed E-state index contributed by atoms with van der Waals surface area (Å²) < 4.78 is 5.11. The largest absolute Gasteiger partial charge is 0.466 e. The maximum atomic E-state index is 11.8. The average molecular weight is 280 g/mol. The Morgan fingerprint density at radius 1 is 1.45 bits per heavy atom. The number of esters is 1. The van der Waals surface area contributed by atoms with Crippen LogP contribution < -0.4 is 0 Å². The molecule has 0 radical (unpaired) electrons. The van der Waals surface area contributed by atoms with E-state index in [0.717, 1.165) is 51.7 Å². The Morgan fingerprint density at radius 3 is 2.85 bits per heavy atom. The molecule has 114 valence electrons. The molecule has 20 heavy (non-hydrogen) atoms. The molecule has 0 aliphatic carbocycles. The predicted molar refractivity (Wildman–Crippen MR) is 79.0 cm³/mol. The first-order chi connectivity index (χ1) is 9.48. The van der Waals surface area contributed by atoms with Crippen LogP contribution in [0.25, 0.3) is 0 Å². The topological polar surface area (TPSA) is 53.3 Å². The van der Waals surface area contributed by atoms with Crippen molar-refractivity contribution >= 4 is 5.97 Å². The molecule has 1 aliphatic heterocycles. The Kier molecular flexibility index (Phi) is 7.01. The van der Waals surface area contributed by atoms with Crippen LogP contribution in [0.3, 0.4) is 0 Å². The number of nitriles is 1. The van der Waals surface area contributed by atoms with Crippen LogP contribution in [0.4, 0.5) is 0 Å². The van der Waals surface area contributed by atoms with Gasteiger partial charge in [-0.05, 0) is 59.5 Å². The van der Waals surface area contributed by atoms with Crippen LogP contribution >= 0.6 is 0 Å². The molecule has 0 bridgehead atoms. The van der Waals surface area contributed by atoms with Gasteiger partial charge in [-0.1, -0.05) is 6.42 Å². The van der Waals surface area contributed by atoms with Crippen molar-refractivity contribution in [2.45, 2.75) is 52.9 Å². The van der Waals surface area contributed by atoms with E-state index in [-0.39, 0.29) is 17.3 Å². The average Bonchev–Trinajstić information content (AvgIpc) is 2.44. The van der Waals surface area contributed by atoms with Gasteiger partial charge in [-0.2, -0.15) is 5.26 Å². The second kappa shape index (κ2) is 8.26. The van der Waals surface area contributed by atoms with Gasteiger partial charge in [0.05, 0.1) is 24.0 Å². The highest BCUT2D eigenvalue weighted by atomic mass is 16.5. The van der Waals surface area contributed by atoms with Gasteiger partial charge in [0.15, 0.2) is 0 Å². The van der Waals surface area contributed by atoms with Crippen LogP contribution in [0, 0.1) is 22.7 Å². The van der Waals surface area contributed by atoms with Crippen LogP contribution in [-0.2, 0) is 9.53 Å². The van der Waals surface area contributed by atoms with Crippen molar-refractivity contribution in [2.24, 2.45) is 11.3 Å². The third-order valence-corrected chi connectivity index (χ3v) is 3.95. The number of carbonyl (C=O) groups is 1. The summed E-state index contributed by atoms with van der Waals surface area (Å²) in [6.07, 6.45) is 5.14. The van der Waals surface area contributed by atoms with Gasteiger partial charge >= 0.3 is 5.97 Å². The van der Waals surface area contributed by atoms with Crippen LogP contribution in [0.2, 0.25) is 0 Å². The van der Waals surface area contributed by atoms with Gasteiger partial charge in [0, 0.05) is 6.54 Å². The number of unbranched alkanes of at least 4 members (excludes halogenated alkanes) is 1. The van der Waals surface area contributed by atoms with Crippen molar-refractivity contribution in [3.63, 3.8) is 0 Å². The fourth-order valence-electron chi connectivity index (χ4n) is 2.67. The van der Waals surface area contributed by atoms with E-state index in [1.165, 1.54) is 0 Å². The summed E-state index contributed by atoms with van der Waals surface area (Å²) in [5, 5.41) is 8.98. The number of carbonyl (C=O) groups excluding carboxylic acids is 1. The van der Waals surface area contributed by atoms with E-state index in [2.05, 4.69) is 11.0 Å². The van der Waals surface area contributed by atoms with Gasteiger partial charge in [-0.3, -0.25) is 4.79 Å². The Bertz CT molecular complexity index is 347. The lowest BCUT2D eigenvalue weighted by molar-refractivity contribution is -0.149. The minimum absolute atomic E-state index is 0.0391. The molecule has 0 aromatic carbocycles. The van der Waals surface area contributed by atoms with E-state index in [1.807, 2.05) is 20.8 Å². The second-order valence-corrected chi connectivity index (χ2v) is 6.34. The Balaban J connectivity index is 2.24. The zero-order valence-electron chi connectivity index (χ0n) is 13.2. The molecule has 1 rings (SSSR count). The van der Waals surface area contributed by atoms with Gasteiger partial charge in [0.1, 0.15) is 0 Å². The van der Waals surface area contributed by atoms with E-state index in [4.69, 9.17) is 10.00 Å². The molecular weight excluding hydrogens is 252 g/mol. The predicted octanol–water partition coefficient (Wildman–Crippen LogP) is 2.98. The number of piperidine rings is 1. The number of rotatable bonds is 7. The molecule has 4 nitrogen and oxygen atoms in total. The molecule has 1 saturated heterocycles. The quantitative estimate of drug-likeness (QED) is 0.531. The highest BCUT2D eigenvalue weighted by Crippen LogP contribution is 2.23. The van der Waals surface area contributed by atoms with E-state index in [1.54, 1.807) is 0 Å². The molecule has 1 atom stereocenters. The number of hydrogen-bond acceptors (Lipinski definition) is 4. The van der Waals surface area contributed by atoms with Gasteiger partial charge in [-0.25, -0.2) is 0 Å². The van der Waals surface area contributed by atoms with Crippen molar-refractivity contribution in [1.82, 2.24) is 4.90 Å². The van der Waals surface area contributed by atoms with Crippen molar-refractivity contribution in [3.8, 4) is 6.07 Å². The van der Waals surface area contributed by atoms with E-state index < -0.39 is 0 Å². The fourth-order valence-corrected chi connectivity index (χ4v) is 2.67. The molecule has 0 unspecified atom stereocenters. The van der Waals surface area contributed by atoms with Crippen LogP contribution in [0.1, 0.15) is 52.9 Å². The summed E-state index contributed by atoms with van der Waals surface area (Å²) in [5.74, 6) is 0.0158. The molecule has 1 aliphatic rings. The normalized spacial score (nSPS) is 20.4. The molecule has 0 amide bonds. The minimum Gasteiger partial charge on any atom is -0.466 e. The maximum absolute atomic E-state index is 11.8. The third kappa shape index (κ3) is 5.92. The number of ether oxygens (including phenoxy) is 1. The van der Waals surface area contributed by atoms with Crippen molar-refractivity contribution < 1.29 is 9.53 Å². The summed E-state index contributed by atoms with van der Waals surface area (Å²) in [4.78, 5) is 14.1. The highest BCUT2D eigenvalue weighted by Gasteiger charge is 2.26. The Labute approximate surface area is 123 Å². The highest BCUT2D eigenvalue weighted by molar-refractivity contribution is 5.72. The molecule has 0 aromatic heterocycles. The van der Waals surface area contributed by atoms with Crippen LogP contribution in [0.15, 0.2) is 0 Å². The fraction of sp³-hybridized carbons (Fsp3) is 0.875. The molecule has 4 heteroatoms. The molecule has 0 aromatic rings. The molecular formula is C16H28N2O2. The summed E-state index contributed by atoms with van der Waals surface area (Å²) >= 11 is 0. The summed E-state index contributed by atoms with van der Waals surface area (Å²) in [7, 11) is 0. The summed E-state index contributed by atoms with van der Waals surface area (Å²) in [5.41, 5.74) is -0.213. The number of hydrogen-bond donors (Lipinski definition) is 0. The van der Waals surface area contributed by atoms with Crippen molar-refractivity contribution in [3.05, 3.63) is 0 Å². The Morgan fingerprint density at radius 2 is 2.20 bits per heavy atom. The first kappa shape index (κ1) is 17.0. The lowest BCUT2D eigenvalue weighted by Gasteiger charge is -2.31. The first-order valence-corrected chi connectivity index (χ1v) is 7.79. The number of nitrogens with zero attached hydrogens (tertiary/aromatic N) is 2. The van der Waals surface area contributed by atoms with Gasteiger partial charge in [0.25, 0.3) is 0 Å². The SMILES string of the molecule is CCOC(=O)[C@H]1CCCN(CCCCC(C)(C)C#N)C1. The van der Waals surface area contributed by atoms with Crippen molar-refractivity contribution in [2.75, 3.05) is 26.2 Å². The van der Waals surface area contributed by atoms with Crippen LogP contribution in [-0.4, -0.2) is 37.1 Å². The number of likely N-dealkylation sites (tertiary alicyclic amines) is 1. The Hall–Kier alpha value is -1.08. The lowest BCUT2D eigenvalue weighted by atomic mass is 9.89. The van der Waals surface area contributed by atoms with E-state index in [0.29, 0.717) is 6.61 Å². The molecule has 1 fully saturated rings. The lowest BCUT2D eigenvalue weighted by Crippen LogP contribution is -2.39. The smallest absolute Gasteiger partial charge is 0.310 e. The molecule has 0 spiro atoms. The third-order valence-electron chi connectivity index (χ3n) is 3.95. The monoisotopic (exact) mass is 280 g/mol. The van der Waals surface area contributed by atoms with E-state index in [9.17, 15) is 4.79 Å². The second-order valence-electron chi connectivity index (χ2n) is 6.34. The summed E-state index contributed by atoms with van der Waals surface area (Å²) in [6.45, 7) is 9.25. The van der Waals surface area contributed by atoms with Gasteiger partial charge in [0.2, 0.25) is 0 Å². The first-order valence-electron chi connectivity index (χ1n) is 7.79. The zero-order valence-corrected chi connectivity index (χ0v) is 13.2. The molecule has 0 saturated carbocycles. The van der Waals surface area contributed by atoms with Crippen LogP contribution in [0.5, 0.6) is 0 Å². The zero-order chi connectivity index (χ0) is 15.0.